The fourth-order valence-electron chi connectivity index (χ4n) is 1.67. The molecule has 0 aromatic rings. The Labute approximate surface area is 101 Å². The third kappa shape index (κ3) is 3.16. The first kappa shape index (κ1) is 12.9. The van der Waals surface area contributed by atoms with Crippen LogP contribution in [0.5, 0.6) is 0 Å². The van der Waals surface area contributed by atoms with Crippen molar-refractivity contribution >= 4 is 29.0 Å². The van der Waals surface area contributed by atoms with E-state index in [2.05, 4.69) is 0 Å². The van der Waals surface area contributed by atoms with Gasteiger partial charge in [0.25, 0.3) is 0 Å². The summed E-state index contributed by atoms with van der Waals surface area (Å²) in [6.45, 7) is 4.24. The Morgan fingerprint density at radius 1 is 1.31 bits per heavy atom. The predicted octanol–water partition coefficient (Wildman–Crippen LogP) is -0.257. The quantitative estimate of drug-likeness (QED) is 0.534. The summed E-state index contributed by atoms with van der Waals surface area (Å²) < 4.78 is 0. The number of hydrogen-bond acceptors (Lipinski definition) is 3. The first-order valence-corrected chi connectivity index (χ1v) is 5.83. The fraction of sp³-hybridized carbons (Fsp3) is 0.700. The van der Waals surface area contributed by atoms with Crippen LogP contribution >= 0.6 is 12.2 Å². The van der Waals surface area contributed by atoms with Gasteiger partial charge in [0.05, 0.1) is 4.99 Å². The third-order valence-corrected chi connectivity index (χ3v) is 2.83. The fourth-order valence-corrected chi connectivity index (χ4v) is 1.82. The molecule has 0 atom stereocenters. The molecule has 6 heteroatoms. The number of rotatable bonds is 5. The molecule has 0 aliphatic carbocycles. The van der Waals surface area contributed by atoms with Gasteiger partial charge in [-0.1, -0.05) is 12.2 Å². The van der Waals surface area contributed by atoms with Crippen molar-refractivity contribution in [2.24, 2.45) is 5.73 Å². The van der Waals surface area contributed by atoms with Crippen LogP contribution in [0.2, 0.25) is 0 Å². The van der Waals surface area contributed by atoms with Crippen LogP contribution < -0.4 is 5.73 Å². The molecule has 0 spiro atoms. The van der Waals surface area contributed by atoms with Crippen molar-refractivity contribution in [1.82, 2.24) is 9.80 Å². The van der Waals surface area contributed by atoms with Gasteiger partial charge in [-0.05, 0) is 19.8 Å². The van der Waals surface area contributed by atoms with E-state index in [-0.39, 0.29) is 0 Å². The van der Waals surface area contributed by atoms with Crippen molar-refractivity contribution in [3.63, 3.8) is 0 Å². The lowest BCUT2D eigenvalue weighted by molar-refractivity contribution is -0.155. The Balaban J connectivity index is 2.42. The van der Waals surface area contributed by atoms with Crippen molar-refractivity contribution in [1.29, 1.82) is 0 Å². The molecule has 0 bridgehead atoms. The maximum absolute atomic E-state index is 11.6. The van der Waals surface area contributed by atoms with Gasteiger partial charge in [0, 0.05) is 26.2 Å². The van der Waals surface area contributed by atoms with E-state index in [1.54, 1.807) is 9.80 Å². The number of likely N-dealkylation sites (N-methyl/N-ethyl adjacent to an activating group) is 1. The molecule has 1 aliphatic heterocycles. The zero-order valence-electron chi connectivity index (χ0n) is 9.44. The normalized spacial score (nSPS) is 16.8. The zero-order chi connectivity index (χ0) is 12.1. The number of carbonyl (C=O) groups is 2. The highest BCUT2D eigenvalue weighted by Gasteiger charge is 2.30. The molecule has 16 heavy (non-hydrogen) atoms. The molecule has 5 nitrogen and oxygen atoms in total. The van der Waals surface area contributed by atoms with Gasteiger partial charge in [-0.2, -0.15) is 0 Å². The highest BCUT2D eigenvalue weighted by atomic mass is 32.1. The lowest BCUT2D eigenvalue weighted by Gasteiger charge is -2.33. The van der Waals surface area contributed by atoms with Crippen LogP contribution in [-0.4, -0.2) is 52.8 Å². The minimum atomic E-state index is -0.406. The van der Waals surface area contributed by atoms with Crippen molar-refractivity contribution in [3.8, 4) is 0 Å². The minimum absolute atomic E-state index is 0.399. The van der Waals surface area contributed by atoms with Crippen LogP contribution in [0.4, 0.5) is 0 Å². The average molecular weight is 243 g/mol. The maximum atomic E-state index is 11.6. The molecule has 0 saturated carbocycles. The van der Waals surface area contributed by atoms with E-state index in [1.165, 1.54) is 0 Å². The second kappa shape index (κ2) is 5.79. The molecule has 2 N–H and O–H groups in total. The van der Waals surface area contributed by atoms with Crippen LogP contribution in [0, 0.1) is 0 Å². The van der Waals surface area contributed by atoms with E-state index in [9.17, 15) is 9.59 Å². The summed E-state index contributed by atoms with van der Waals surface area (Å²) in [4.78, 5) is 26.8. The number of nitrogens with two attached hydrogens (primary N) is 1. The summed E-state index contributed by atoms with van der Waals surface area (Å²) in [5, 5.41) is 0. The Bertz CT molecular complexity index is 306. The highest BCUT2D eigenvalue weighted by Crippen LogP contribution is 2.06. The van der Waals surface area contributed by atoms with Crippen molar-refractivity contribution < 1.29 is 9.59 Å². The second-order valence-electron chi connectivity index (χ2n) is 3.75. The van der Waals surface area contributed by atoms with E-state index in [0.717, 1.165) is 6.42 Å². The summed E-state index contributed by atoms with van der Waals surface area (Å²) in [5.74, 6) is -0.805. The van der Waals surface area contributed by atoms with Crippen LogP contribution in [0.15, 0.2) is 0 Å². The lowest BCUT2D eigenvalue weighted by Crippen LogP contribution is -2.54. The Kier molecular flexibility index (Phi) is 4.67. The SMILES string of the molecule is CCN1CCN(CCCC(N)=S)C(=O)C1=O. The van der Waals surface area contributed by atoms with Gasteiger partial charge >= 0.3 is 11.8 Å². The van der Waals surface area contributed by atoms with Crippen LogP contribution in [0.25, 0.3) is 0 Å². The van der Waals surface area contributed by atoms with Gasteiger partial charge < -0.3 is 15.5 Å². The first-order valence-electron chi connectivity index (χ1n) is 5.42. The number of nitrogens with zero attached hydrogens (tertiary/aromatic N) is 2. The van der Waals surface area contributed by atoms with E-state index in [4.69, 9.17) is 18.0 Å². The van der Waals surface area contributed by atoms with E-state index >= 15 is 0 Å². The number of hydrogen-bond donors (Lipinski definition) is 1. The van der Waals surface area contributed by atoms with Crippen molar-refractivity contribution in [2.75, 3.05) is 26.2 Å². The smallest absolute Gasteiger partial charge is 0.312 e. The van der Waals surface area contributed by atoms with Crippen molar-refractivity contribution in [3.05, 3.63) is 0 Å². The Morgan fingerprint density at radius 3 is 2.44 bits per heavy atom. The highest BCUT2D eigenvalue weighted by molar-refractivity contribution is 7.80. The zero-order valence-corrected chi connectivity index (χ0v) is 10.3. The van der Waals surface area contributed by atoms with Gasteiger partial charge in [-0.15, -0.1) is 0 Å². The summed E-state index contributed by atoms with van der Waals surface area (Å²) >= 11 is 4.75. The number of amides is 2. The maximum Gasteiger partial charge on any atom is 0.312 e. The molecule has 1 aliphatic rings. The van der Waals surface area contributed by atoms with Gasteiger partial charge in [0.2, 0.25) is 0 Å². The van der Waals surface area contributed by atoms with E-state index in [1.807, 2.05) is 6.92 Å². The number of thiocarbonyl (C=S) groups is 1. The summed E-state index contributed by atoms with van der Waals surface area (Å²) in [5.41, 5.74) is 5.37. The Hall–Kier alpha value is -1.17. The monoisotopic (exact) mass is 243 g/mol. The first-order chi connectivity index (χ1) is 7.56. The summed E-state index contributed by atoms with van der Waals surface area (Å²) in [7, 11) is 0. The molecule has 1 fully saturated rings. The molecular formula is C10H17N3O2S. The molecule has 1 saturated heterocycles. The topological polar surface area (TPSA) is 66.6 Å². The third-order valence-electron chi connectivity index (χ3n) is 2.63. The molecule has 1 rings (SSSR count). The number of carbonyl (C=O) groups excluding carboxylic acids is 2. The Morgan fingerprint density at radius 2 is 1.88 bits per heavy atom. The summed E-state index contributed by atoms with van der Waals surface area (Å²) in [6, 6.07) is 0. The molecule has 90 valence electrons. The van der Waals surface area contributed by atoms with Crippen LogP contribution in [0.1, 0.15) is 19.8 Å². The van der Waals surface area contributed by atoms with Crippen molar-refractivity contribution in [2.45, 2.75) is 19.8 Å². The van der Waals surface area contributed by atoms with E-state index in [0.29, 0.717) is 37.6 Å². The van der Waals surface area contributed by atoms with Gasteiger partial charge in [0.1, 0.15) is 0 Å². The number of piperazine rings is 1. The minimum Gasteiger partial charge on any atom is -0.393 e. The largest absolute Gasteiger partial charge is 0.393 e. The molecule has 1 heterocycles. The van der Waals surface area contributed by atoms with E-state index < -0.39 is 11.8 Å². The molecular weight excluding hydrogens is 226 g/mol. The second-order valence-corrected chi connectivity index (χ2v) is 4.27. The molecule has 0 unspecified atom stereocenters. The average Bonchev–Trinajstić information content (AvgIpc) is 2.24. The molecule has 2 amide bonds. The molecule has 0 radical (unpaired) electrons. The molecule has 0 aromatic heterocycles. The summed E-state index contributed by atoms with van der Waals surface area (Å²) in [6.07, 6.45) is 1.34. The van der Waals surface area contributed by atoms with Gasteiger partial charge in [-0.25, -0.2) is 0 Å². The standard InChI is InChI=1S/C10H17N3O2S/c1-2-12-6-7-13(10(15)9(12)14)5-3-4-8(11)16/h2-7H2,1H3,(H2,11,16). The molecule has 0 aromatic carbocycles. The van der Waals surface area contributed by atoms with Crippen LogP contribution in [-0.2, 0) is 9.59 Å². The predicted molar refractivity (Wildman–Crippen MR) is 64.9 cm³/mol. The van der Waals surface area contributed by atoms with Gasteiger partial charge in [0.15, 0.2) is 0 Å². The van der Waals surface area contributed by atoms with Crippen LogP contribution in [0.3, 0.4) is 0 Å². The van der Waals surface area contributed by atoms with Gasteiger partial charge in [-0.3, -0.25) is 9.59 Å². The lowest BCUT2D eigenvalue weighted by atomic mass is 10.2.